The van der Waals surface area contributed by atoms with Gasteiger partial charge in [-0.1, -0.05) is 6.92 Å². The predicted molar refractivity (Wildman–Crippen MR) is 64.7 cm³/mol. The molecular weight excluding hydrogens is 210 g/mol. The minimum atomic E-state index is -0.261. The Balaban J connectivity index is 2.61. The van der Waals surface area contributed by atoms with Crippen LogP contribution in [-0.2, 0) is 4.79 Å². The zero-order valence-corrected chi connectivity index (χ0v) is 10.3. The standard InChI is InChI=1S/C10H21N3OS/c1-7-8(2)15-4-3-13(7)9(6-11)5-10(12)14/h7-9H,3-6,11H2,1-2H3,(H2,12,14). The SMILES string of the molecule is CC1SCCN(C(CN)CC(N)=O)C1C. The topological polar surface area (TPSA) is 72.3 Å². The molecule has 5 heteroatoms. The summed E-state index contributed by atoms with van der Waals surface area (Å²) in [6, 6.07) is 0.581. The monoisotopic (exact) mass is 231 g/mol. The average Bonchev–Trinajstić information content (AvgIpc) is 2.19. The van der Waals surface area contributed by atoms with Crippen molar-refractivity contribution in [2.24, 2.45) is 11.5 Å². The molecule has 1 aliphatic heterocycles. The van der Waals surface area contributed by atoms with Crippen molar-refractivity contribution in [3.8, 4) is 0 Å². The Morgan fingerprint density at radius 2 is 2.27 bits per heavy atom. The minimum Gasteiger partial charge on any atom is -0.370 e. The summed E-state index contributed by atoms with van der Waals surface area (Å²) in [5, 5.41) is 0.598. The molecule has 1 fully saturated rings. The van der Waals surface area contributed by atoms with Crippen molar-refractivity contribution in [3.63, 3.8) is 0 Å². The van der Waals surface area contributed by atoms with Gasteiger partial charge in [0.25, 0.3) is 0 Å². The second-order valence-corrected chi connectivity index (χ2v) is 5.60. The van der Waals surface area contributed by atoms with Gasteiger partial charge in [-0.25, -0.2) is 0 Å². The van der Waals surface area contributed by atoms with Gasteiger partial charge in [-0.15, -0.1) is 0 Å². The van der Waals surface area contributed by atoms with Gasteiger partial charge in [-0.3, -0.25) is 9.69 Å². The summed E-state index contributed by atoms with van der Waals surface area (Å²) in [7, 11) is 0. The van der Waals surface area contributed by atoms with E-state index in [0.29, 0.717) is 24.3 Å². The fourth-order valence-electron chi connectivity index (χ4n) is 2.04. The largest absolute Gasteiger partial charge is 0.370 e. The van der Waals surface area contributed by atoms with Gasteiger partial charge in [-0.2, -0.15) is 11.8 Å². The number of hydrogen-bond acceptors (Lipinski definition) is 4. The van der Waals surface area contributed by atoms with Gasteiger partial charge in [0.1, 0.15) is 0 Å². The maximum atomic E-state index is 10.9. The van der Waals surface area contributed by atoms with Crippen molar-refractivity contribution < 1.29 is 4.79 Å². The molecule has 1 saturated heterocycles. The van der Waals surface area contributed by atoms with E-state index < -0.39 is 0 Å². The first kappa shape index (κ1) is 12.8. The summed E-state index contributed by atoms with van der Waals surface area (Å²) in [6.07, 6.45) is 0.373. The Morgan fingerprint density at radius 3 is 2.80 bits per heavy atom. The Labute approximate surface area is 95.7 Å². The van der Waals surface area contributed by atoms with E-state index in [-0.39, 0.29) is 11.9 Å². The summed E-state index contributed by atoms with van der Waals surface area (Å²) in [4.78, 5) is 13.3. The van der Waals surface area contributed by atoms with E-state index in [2.05, 4.69) is 18.7 Å². The number of thioether (sulfide) groups is 1. The first-order chi connectivity index (χ1) is 7.06. The van der Waals surface area contributed by atoms with E-state index in [9.17, 15) is 4.79 Å². The molecule has 0 saturated carbocycles. The summed E-state index contributed by atoms with van der Waals surface area (Å²) >= 11 is 1.98. The molecule has 0 spiro atoms. The minimum absolute atomic E-state index is 0.112. The summed E-state index contributed by atoms with van der Waals surface area (Å²) in [6.45, 7) is 5.93. The fourth-order valence-corrected chi connectivity index (χ4v) is 3.16. The normalized spacial score (nSPS) is 30.1. The van der Waals surface area contributed by atoms with Crippen molar-refractivity contribution in [2.75, 3.05) is 18.8 Å². The van der Waals surface area contributed by atoms with Gasteiger partial charge >= 0.3 is 0 Å². The average molecular weight is 231 g/mol. The summed E-state index contributed by atoms with van der Waals surface area (Å²) in [5.74, 6) is 0.851. The van der Waals surface area contributed by atoms with Crippen LogP contribution in [0, 0.1) is 0 Å². The highest BCUT2D eigenvalue weighted by Crippen LogP contribution is 2.26. The van der Waals surface area contributed by atoms with E-state index in [0.717, 1.165) is 12.3 Å². The van der Waals surface area contributed by atoms with Crippen molar-refractivity contribution in [3.05, 3.63) is 0 Å². The Morgan fingerprint density at radius 1 is 1.60 bits per heavy atom. The summed E-state index contributed by atoms with van der Waals surface area (Å²) in [5.41, 5.74) is 10.9. The summed E-state index contributed by atoms with van der Waals surface area (Å²) < 4.78 is 0. The molecule has 1 heterocycles. The maximum absolute atomic E-state index is 10.9. The van der Waals surface area contributed by atoms with Crippen molar-refractivity contribution in [1.82, 2.24) is 4.90 Å². The molecule has 88 valence electrons. The zero-order valence-electron chi connectivity index (χ0n) is 9.48. The van der Waals surface area contributed by atoms with E-state index in [4.69, 9.17) is 11.5 Å². The van der Waals surface area contributed by atoms with Crippen LogP contribution < -0.4 is 11.5 Å². The second-order valence-electron chi connectivity index (χ2n) is 4.11. The molecule has 0 aromatic carbocycles. The van der Waals surface area contributed by atoms with Crippen LogP contribution in [0.25, 0.3) is 0 Å². The van der Waals surface area contributed by atoms with Crippen molar-refractivity contribution >= 4 is 17.7 Å². The zero-order chi connectivity index (χ0) is 11.4. The smallest absolute Gasteiger partial charge is 0.219 e. The van der Waals surface area contributed by atoms with Crippen LogP contribution in [0.1, 0.15) is 20.3 Å². The van der Waals surface area contributed by atoms with E-state index in [1.165, 1.54) is 0 Å². The van der Waals surface area contributed by atoms with E-state index in [1.807, 2.05) is 11.8 Å². The van der Waals surface area contributed by atoms with Gasteiger partial charge in [0, 0.05) is 42.6 Å². The van der Waals surface area contributed by atoms with Crippen molar-refractivity contribution in [1.29, 1.82) is 0 Å². The van der Waals surface area contributed by atoms with Crippen LogP contribution in [0.4, 0.5) is 0 Å². The highest BCUT2D eigenvalue weighted by atomic mass is 32.2. The van der Waals surface area contributed by atoms with Crippen LogP contribution in [0.5, 0.6) is 0 Å². The van der Waals surface area contributed by atoms with Gasteiger partial charge in [0.15, 0.2) is 0 Å². The molecule has 1 amide bonds. The quantitative estimate of drug-likeness (QED) is 0.715. The number of nitrogens with zero attached hydrogens (tertiary/aromatic N) is 1. The van der Waals surface area contributed by atoms with Gasteiger partial charge < -0.3 is 11.5 Å². The Hall–Kier alpha value is -0.260. The molecule has 0 radical (unpaired) electrons. The molecular formula is C10H21N3OS. The molecule has 1 rings (SSSR count). The van der Waals surface area contributed by atoms with Crippen LogP contribution in [0.15, 0.2) is 0 Å². The number of rotatable bonds is 4. The van der Waals surface area contributed by atoms with Gasteiger partial charge in [-0.05, 0) is 6.92 Å². The van der Waals surface area contributed by atoms with E-state index >= 15 is 0 Å². The first-order valence-corrected chi connectivity index (χ1v) is 6.46. The lowest BCUT2D eigenvalue weighted by atomic mass is 10.1. The van der Waals surface area contributed by atoms with Crippen LogP contribution in [-0.4, -0.2) is 47.0 Å². The van der Waals surface area contributed by atoms with Crippen LogP contribution in [0.2, 0.25) is 0 Å². The molecule has 0 aromatic rings. The molecule has 0 bridgehead atoms. The third-order valence-corrected chi connectivity index (χ3v) is 4.45. The molecule has 3 atom stereocenters. The molecule has 1 aliphatic rings. The lowest BCUT2D eigenvalue weighted by molar-refractivity contribution is -0.119. The van der Waals surface area contributed by atoms with Gasteiger partial charge in [0.05, 0.1) is 0 Å². The molecule has 0 aromatic heterocycles. The predicted octanol–water partition coefficient (Wildman–Crippen LogP) is 0.0149. The molecule has 0 aliphatic carbocycles. The lowest BCUT2D eigenvalue weighted by Gasteiger charge is -2.41. The number of carbonyl (C=O) groups is 1. The van der Waals surface area contributed by atoms with Gasteiger partial charge in [0.2, 0.25) is 5.91 Å². The number of primary amides is 1. The third kappa shape index (κ3) is 3.36. The molecule has 4 nitrogen and oxygen atoms in total. The highest BCUT2D eigenvalue weighted by Gasteiger charge is 2.30. The first-order valence-electron chi connectivity index (χ1n) is 5.42. The number of carbonyl (C=O) groups excluding carboxylic acids is 1. The van der Waals surface area contributed by atoms with E-state index in [1.54, 1.807) is 0 Å². The van der Waals surface area contributed by atoms with Crippen LogP contribution in [0.3, 0.4) is 0 Å². The van der Waals surface area contributed by atoms with Crippen LogP contribution >= 0.6 is 11.8 Å². The number of amides is 1. The highest BCUT2D eigenvalue weighted by molar-refractivity contribution is 8.00. The Bertz CT molecular complexity index is 225. The number of nitrogens with two attached hydrogens (primary N) is 2. The number of hydrogen-bond donors (Lipinski definition) is 2. The fraction of sp³-hybridized carbons (Fsp3) is 0.900. The maximum Gasteiger partial charge on any atom is 0.219 e. The second kappa shape index (κ2) is 5.72. The third-order valence-electron chi connectivity index (χ3n) is 3.11. The lowest BCUT2D eigenvalue weighted by Crippen LogP contribution is -2.53. The van der Waals surface area contributed by atoms with Crippen molar-refractivity contribution in [2.45, 2.75) is 37.6 Å². The molecule has 4 N–H and O–H groups in total. The molecule has 3 unspecified atom stereocenters. The Kier molecular flexibility index (Phi) is 4.89. The molecule has 15 heavy (non-hydrogen) atoms.